The second-order valence-corrected chi connectivity index (χ2v) is 5.96. The predicted octanol–water partition coefficient (Wildman–Crippen LogP) is 3.90. The van der Waals surface area contributed by atoms with Crippen molar-refractivity contribution < 1.29 is 9.59 Å². The quantitative estimate of drug-likeness (QED) is 0.723. The van der Waals surface area contributed by atoms with E-state index in [1.807, 2.05) is 30.3 Å². The van der Waals surface area contributed by atoms with Crippen molar-refractivity contribution >= 4 is 22.6 Å². The number of benzene rings is 2. The molecule has 2 aromatic rings. The summed E-state index contributed by atoms with van der Waals surface area (Å²) in [5, 5.41) is 7.63. The van der Waals surface area contributed by atoms with Crippen molar-refractivity contribution in [2.45, 2.75) is 39.5 Å². The summed E-state index contributed by atoms with van der Waals surface area (Å²) in [6.07, 6.45) is 3.95. The Morgan fingerprint density at radius 2 is 1.50 bits per heavy atom. The van der Waals surface area contributed by atoms with E-state index in [2.05, 4.69) is 24.5 Å². The number of carbonyl (C=O) groups excluding carboxylic acids is 2. The molecular formula is C20H26N2O2. The first-order chi connectivity index (χ1) is 11.7. The van der Waals surface area contributed by atoms with Crippen LogP contribution >= 0.6 is 0 Å². The molecule has 0 aliphatic heterocycles. The third kappa shape index (κ3) is 4.57. The van der Waals surface area contributed by atoms with Gasteiger partial charge in [-0.1, -0.05) is 51.0 Å². The number of hydrogen-bond acceptors (Lipinski definition) is 2. The zero-order valence-corrected chi connectivity index (χ0v) is 14.5. The van der Waals surface area contributed by atoms with Crippen LogP contribution in [0, 0.1) is 0 Å². The minimum absolute atomic E-state index is 0.122. The van der Waals surface area contributed by atoms with E-state index in [0.29, 0.717) is 24.2 Å². The highest BCUT2D eigenvalue weighted by molar-refractivity contribution is 6.10. The van der Waals surface area contributed by atoms with Gasteiger partial charge in [0.2, 0.25) is 0 Å². The molecule has 0 aliphatic carbocycles. The van der Waals surface area contributed by atoms with E-state index in [9.17, 15) is 9.59 Å². The van der Waals surface area contributed by atoms with Crippen LogP contribution in [0.4, 0.5) is 0 Å². The third-order valence-corrected chi connectivity index (χ3v) is 4.00. The molecule has 0 fully saturated rings. The monoisotopic (exact) mass is 326 g/mol. The lowest BCUT2D eigenvalue weighted by atomic mass is 9.99. The fraction of sp³-hybridized carbons (Fsp3) is 0.400. The average molecular weight is 326 g/mol. The van der Waals surface area contributed by atoms with Gasteiger partial charge in [-0.2, -0.15) is 0 Å². The maximum Gasteiger partial charge on any atom is 0.251 e. The van der Waals surface area contributed by atoms with Crippen LogP contribution in [-0.4, -0.2) is 24.9 Å². The van der Waals surface area contributed by atoms with Gasteiger partial charge in [-0.15, -0.1) is 0 Å². The van der Waals surface area contributed by atoms with Crippen LogP contribution in [0.25, 0.3) is 10.8 Å². The smallest absolute Gasteiger partial charge is 0.251 e. The van der Waals surface area contributed by atoms with Gasteiger partial charge in [-0.25, -0.2) is 0 Å². The Morgan fingerprint density at radius 1 is 0.875 bits per heavy atom. The van der Waals surface area contributed by atoms with E-state index >= 15 is 0 Å². The van der Waals surface area contributed by atoms with Crippen LogP contribution in [0.15, 0.2) is 36.4 Å². The van der Waals surface area contributed by atoms with E-state index in [1.165, 1.54) is 0 Å². The molecule has 2 amide bonds. The minimum atomic E-state index is -0.128. The van der Waals surface area contributed by atoms with Crippen LogP contribution in [0.2, 0.25) is 0 Å². The summed E-state index contributed by atoms with van der Waals surface area (Å²) in [4.78, 5) is 24.9. The highest BCUT2D eigenvalue weighted by Gasteiger charge is 2.14. The van der Waals surface area contributed by atoms with Crippen molar-refractivity contribution in [3.8, 4) is 0 Å². The van der Waals surface area contributed by atoms with Gasteiger partial charge < -0.3 is 10.6 Å². The van der Waals surface area contributed by atoms with Gasteiger partial charge in [0, 0.05) is 24.2 Å². The number of carbonyl (C=O) groups is 2. The Hall–Kier alpha value is -2.36. The second kappa shape index (κ2) is 9.06. The van der Waals surface area contributed by atoms with Gasteiger partial charge >= 0.3 is 0 Å². The molecule has 0 aromatic heterocycles. The molecule has 4 nitrogen and oxygen atoms in total. The zero-order chi connectivity index (χ0) is 17.4. The van der Waals surface area contributed by atoms with Crippen LogP contribution in [-0.2, 0) is 0 Å². The van der Waals surface area contributed by atoms with Crippen molar-refractivity contribution in [2.24, 2.45) is 0 Å². The number of amides is 2. The average Bonchev–Trinajstić information content (AvgIpc) is 2.61. The number of fused-ring (bicyclic) bond motifs is 1. The Balaban J connectivity index is 2.30. The first-order valence-corrected chi connectivity index (χ1v) is 8.76. The molecule has 0 spiro atoms. The molecule has 128 valence electrons. The Kier molecular flexibility index (Phi) is 6.79. The zero-order valence-electron chi connectivity index (χ0n) is 14.5. The molecule has 0 atom stereocenters. The van der Waals surface area contributed by atoms with Crippen molar-refractivity contribution in [1.82, 2.24) is 10.6 Å². The number of nitrogens with one attached hydrogen (secondary N) is 2. The number of unbranched alkanes of at least 4 members (excludes halogenated alkanes) is 2. The van der Waals surface area contributed by atoms with E-state index in [0.717, 1.165) is 36.5 Å². The fourth-order valence-electron chi connectivity index (χ4n) is 2.58. The van der Waals surface area contributed by atoms with Crippen LogP contribution in [0.1, 0.15) is 60.2 Å². The summed E-state index contributed by atoms with van der Waals surface area (Å²) in [7, 11) is 0. The van der Waals surface area contributed by atoms with Crippen LogP contribution in [0.3, 0.4) is 0 Å². The summed E-state index contributed by atoms with van der Waals surface area (Å²) in [6.45, 7) is 5.47. The largest absolute Gasteiger partial charge is 0.352 e. The maximum atomic E-state index is 12.5. The molecule has 24 heavy (non-hydrogen) atoms. The SMILES string of the molecule is CCCCNC(=O)c1cc(C(=O)NCCCC)c2ccccc2c1. The Labute approximate surface area is 143 Å². The summed E-state index contributed by atoms with van der Waals surface area (Å²) in [5.74, 6) is -0.250. The van der Waals surface area contributed by atoms with E-state index in [-0.39, 0.29) is 11.8 Å². The molecule has 0 unspecified atom stereocenters. The molecular weight excluding hydrogens is 300 g/mol. The lowest BCUT2D eigenvalue weighted by Crippen LogP contribution is -2.27. The second-order valence-electron chi connectivity index (χ2n) is 5.96. The normalized spacial score (nSPS) is 10.6. The van der Waals surface area contributed by atoms with E-state index < -0.39 is 0 Å². The maximum absolute atomic E-state index is 12.5. The third-order valence-electron chi connectivity index (χ3n) is 4.00. The van der Waals surface area contributed by atoms with Crippen molar-refractivity contribution in [3.63, 3.8) is 0 Å². The Morgan fingerprint density at radius 3 is 2.17 bits per heavy atom. The highest BCUT2D eigenvalue weighted by Crippen LogP contribution is 2.21. The van der Waals surface area contributed by atoms with Gasteiger partial charge in [0.05, 0.1) is 0 Å². The minimum Gasteiger partial charge on any atom is -0.352 e. The van der Waals surface area contributed by atoms with Gasteiger partial charge in [0.15, 0.2) is 0 Å². The Bertz CT molecular complexity index is 710. The lowest BCUT2D eigenvalue weighted by Gasteiger charge is -2.11. The summed E-state index contributed by atoms with van der Waals surface area (Å²) < 4.78 is 0. The lowest BCUT2D eigenvalue weighted by molar-refractivity contribution is 0.0952. The topological polar surface area (TPSA) is 58.2 Å². The summed E-state index contributed by atoms with van der Waals surface area (Å²) >= 11 is 0. The number of hydrogen-bond donors (Lipinski definition) is 2. The van der Waals surface area contributed by atoms with Crippen molar-refractivity contribution in [3.05, 3.63) is 47.5 Å². The molecule has 2 rings (SSSR count). The van der Waals surface area contributed by atoms with E-state index in [4.69, 9.17) is 0 Å². The molecule has 0 saturated heterocycles. The molecule has 4 heteroatoms. The summed E-state index contributed by atoms with van der Waals surface area (Å²) in [5.41, 5.74) is 1.09. The van der Waals surface area contributed by atoms with Gasteiger partial charge in [0.1, 0.15) is 0 Å². The van der Waals surface area contributed by atoms with Crippen molar-refractivity contribution in [1.29, 1.82) is 0 Å². The fourth-order valence-corrected chi connectivity index (χ4v) is 2.58. The standard InChI is InChI=1S/C20H26N2O2/c1-3-5-11-21-19(23)16-13-15-9-7-8-10-17(15)18(14-16)20(24)22-12-6-4-2/h7-10,13-14H,3-6,11-12H2,1-2H3,(H,21,23)(H,22,24). The molecule has 0 radical (unpaired) electrons. The first kappa shape index (κ1) is 18.0. The number of rotatable bonds is 8. The molecule has 0 heterocycles. The summed E-state index contributed by atoms with van der Waals surface area (Å²) in [6, 6.07) is 11.2. The molecule has 0 bridgehead atoms. The van der Waals surface area contributed by atoms with Gasteiger partial charge in [-0.05, 0) is 35.7 Å². The van der Waals surface area contributed by atoms with Crippen molar-refractivity contribution in [2.75, 3.05) is 13.1 Å². The first-order valence-electron chi connectivity index (χ1n) is 8.76. The molecule has 0 saturated carbocycles. The molecule has 0 aliphatic rings. The highest BCUT2D eigenvalue weighted by atomic mass is 16.2. The van der Waals surface area contributed by atoms with Crippen LogP contribution < -0.4 is 10.6 Å². The van der Waals surface area contributed by atoms with Gasteiger partial charge in [-0.3, -0.25) is 9.59 Å². The predicted molar refractivity (Wildman–Crippen MR) is 98.4 cm³/mol. The van der Waals surface area contributed by atoms with E-state index in [1.54, 1.807) is 6.07 Å². The van der Waals surface area contributed by atoms with Crippen LogP contribution in [0.5, 0.6) is 0 Å². The molecule has 2 N–H and O–H groups in total. The van der Waals surface area contributed by atoms with Gasteiger partial charge in [0.25, 0.3) is 11.8 Å². The molecule has 2 aromatic carbocycles.